The summed E-state index contributed by atoms with van der Waals surface area (Å²) < 4.78 is 12.6. The summed E-state index contributed by atoms with van der Waals surface area (Å²) in [6.07, 6.45) is 3.08. The summed E-state index contributed by atoms with van der Waals surface area (Å²) in [5.41, 5.74) is 3.54. The highest BCUT2D eigenvalue weighted by Gasteiger charge is 2.15. The van der Waals surface area contributed by atoms with E-state index in [9.17, 15) is 4.79 Å². The molecule has 8 nitrogen and oxygen atoms in total. The summed E-state index contributed by atoms with van der Waals surface area (Å²) in [6, 6.07) is 3.93. The lowest BCUT2D eigenvalue weighted by molar-refractivity contribution is -0.147. The minimum Gasteiger partial charge on any atom is -0.497 e. The maximum Gasteiger partial charge on any atom is 0.306 e. The Labute approximate surface area is 170 Å². The first-order valence-electron chi connectivity index (χ1n) is 10.0. The highest BCUT2D eigenvalue weighted by atomic mass is 16.5. The second-order valence-electron chi connectivity index (χ2n) is 7.45. The number of esters is 1. The molecule has 1 aromatic carbocycles. The molecule has 156 valence electrons. The van der Waals surface area contributed by atoms with Crippen molar-refractivity contribution in [3.63, 3.8) is 0 Å². The summed E-state index contributed by atoms with van der Waals surface area (Å²) in [5, 5.41) is 11.9. The van der Waals surface area contributed by atoms with E-state index in [1.807, 2.05) is 44.2 Å². The fourth-order valence-electron chi connectivity index (χ4n) is 3.35. The predicted octanol–water partition coefficient (Wildman–Crippen LogP) is 3.83. The number of fused-ring (bicyclic) bond motifs is 3. The summed E-state index contributed by atoms with van der Waals surface area (Å²) in [6.45, 7) is 8.42. The van der Waals surface area contributed by atoms with E-state index in [2.05, 4.69) is 15.5 Å². The van der Waals surface area contributed by atoms with Crippen molar-refractivity contribution in [3.05, 3.63) is 23.5 Å². The maximum atomic E-state index is 11.6. The van der Waals surface area contributed by atoms with Crippen LogP contribution in [-0.4, -0.2) is 45.3 Å². The largest absolute Gasteiger partial charge is 0.497 e. The normalized spacial score (nSPS) is 11.4. The van der Waals surface area contributed by atoms with Crippen LogP contribution in [0.4, 0.5) is 5.82 Å². The standard InChI is InChI=1S/C21H29N5O3/c1-13(2)29-18(27)9-7-6-8-10-22-20-21-25-24-15(4)26(21)17-12-16(28-5)11-14(3)19(17)23-20/h11-13H,6-10H2,1-5H3,(H,22,23). The van der Waals surface area contributed by atoms with Crippen molar-refractivity contribution in [2.24, 2.45) is 0 Å². The van der Waals surface area contributed by atoms with Crippen molar-refractivity contribution in [1.29, 1.82) is 0 Å². The topological polar surface area (TPSA) is 90.6 Å². The number of carbonyl (C=O) groups excluding carboxylic acids is 1. The molecule has 8 heteroatoms. The molecule has 0 bridgehead atoms. The molecule has 0 amide bonds. The van der Waals surface area contributed by atoms with Crippen LogP contribution in [0.15, 0.2) is 12.1 Å². The van der Waals surface area contributed by atoms with E-state index in [-0.39, 0.29) is 12.1 Å². The highest BCUT2D eigenvalue weighted by molar-refractivity contribution is 5.86. The van der Waals surface area contributed by atoms with Gasteiger partial charge in [-0.1, -0.05) is 6.42 Å². The number of hydrogen-bond acceptors (Lipinski definition) is 7. The van der Waals surface area contributed by atoms with E-state index in [4.69, 9.17) is 14.5 Å². The summed E-state index contributed by atoms with van der Waals surface area (Å²) in [5.74, 6) is 2.16. The van der Waals surface area contributed by atoms with Crippen molar-refractivity contribution < 1.29 is 14.3 Å². The van der Waals surface area contributed by atoms with Crippen LogP contribution in [-0.2, 0) is 9.53 Å². The molecular formula is C21H29N5O3. The highest BCUT2D eigenvalue weighted by Crippen LogP contribution is 2.28. The number of ether oxygens (including phenoxy) is 2. The molecule has 0 aliphatic carbocycles. The lowest BCUT2D eigenvalue weighted by Crippen LogP contribution is -2.11. The molecule has 3 rings (SSSR count). The Morgan fingerprint density at radius 2 is 1.97 bits per heavy atom. The summed E-state index contributed by atoms with van der Waals surface area (Å²) in [7, 11) is 1.66. The van der Waals surface area contributed by atoms with E-state index < -0.39 is 0 Å². The maximum absolute atomic E-state index is 11.6. The molecule has 2 heterocycles. The smallest absolute Gasteiger partial charge is 0.306 e. The molecule has 0 aliphatic heterocycles. The Hall–Kier alpha value is -2.90. The number of hydrogen-bond donors (Lipinski definition) is 1. The number of unbranched alkanes of at least 4 members (excludes halogenated alkanes) is 2. The fraction of sp³-hybridized carbons (Fsp3) is 0.524. The first-order chi connectivity index (χ1) is 13.9. The molecule has 0 radical (unpaired) electrons. The van der Waals surface area contributed by atoms with Gasteiger partial charge in [0.05, 0.1) is 24.2 Å². The van der Waals surface area contributed by atoms with Gasteiger partial charge < -0.3 is 14.8 Å². The zero-order chi connectivity index (χ0) is 21.0. The first kappa shape index (κ1) is 20.8. The molecule has 0 saturated carbocycles. The van der Waals surface area contributed by atoms with Crippen molar-refractivity contribution >= 4 is 28.5 Å². The Kier molecular flexibility index (Phi) is 6.51. The summed E-state index contributed by atoms with van der Waals surface area (Å²) in [4.78, 5) is 16.4. The van der Waals surface area contributed by atoms with Gasteiger partial charge in [0, 0.05) is 19.0 Å². The van der Waals surface area contributed by atoms with Gasteiger partial charge in [0.25, 0.3) is 0 Å². The first-order valence-corrected chi connectivity index (χ1v) is 10.0. The number of aromatic nitrogens is 4. The van der Waals surface area contributed by atoms with Crippen LogP contribution in [0, 0.1) is 13.8 Å². The minimum absolute atomic E-state index is 0.0550. The molecule has 0 saturated heterocycles. The van der Waals surface area contributed by atoms with Crippen molar-refractivity contribution in [2.75, 3.05) is 19.0 Å². The number of rotatable bonds is 9. The second kappa shape index (κ2) is 9.07. The quantitative estimate of drug-likeness (QED) is 0.432. The molecule has 0 unspecified atom stereocenters. The van der Waals surface area contributed by atoms with E-state index in [0.717, 1.165) is 54.0 Å². The number of nitrogens with one attached hydrogen (secondary N) is 1. The monoisotopic (exact) mass is 399 g/mol. The summed E-state index contributed by atoms with van der Waals surface area (Å²) >= 11 is 0. The zero-order valence-corrected chi connectivity index (χ0v) is 17.8. The third-order valence-corrected chi connectivity index (χ3v) is 4.71. The lowest BCUT2D eigenvalue weighted by Gasteiger charge is -2.12. The SMILES string of the molecule is COc1cc(C)c2nc(NCCCCCC(=O)OC(C)C)c3nnc(C)n3c2c1. The average Bonchev–Trinajstić information content (AvgIpc) is 3.06. The van der Waals surface area contributed by atoms with Gasteiger partial charge in [-0.15, -0.1) is 10.2 Å². The zero-order valence-electron chi connectivity index (χ0n) is 17.8. The Morgan fingerprint density at radius 1 is 1.17 bits per heavy atom. The molecule has 2 aromatic heterocycles. The predicted molar refractivity (Wildman–Crippen MR) is 112 cm³/mol. The van der Waals surface area contributed by atoms with Gasteiger partial charge in [0.1, 0.15) is 11.6 Å². The second-order valence-corrected chi connectivity index (χ2v) is 7.45. The van der Waals surface area contributed by atoms with Crippen LogP contribution < -0.4 is 10.1 Å². The van der Waals surface area contributed by atoms with Gasteiger partial charge >= 0.3 is 5.97 Å². The molecule has 0 atom stereocenters. The van der Waals surface area contributed by atoms with E-state index in [1.165, 1.54) is 0 Å². The van der Waals surface area contributed by atoms with Gasteiger partial charge in [0.2, 0.25) is 5.65 Å². The van der Waals surface area contributed by atoms with Gasteiger partial charge in [0.15, 0.2) is 5.82 Å². The number of anilines is 1. The average molecular weight is 399 g/mol. The fourth-order valence-corrected chi connectivity index (χ4v) is 3.35. The molecule has 29 heavy (non-hydrogen) atoms. The third kappa shape index (κ3) is 4.75. The van der Waals surface area contributed by atoms with Gasteiger partial charge in [-0.05, 0) is 52.2 Å². The Balaban J connectivity index is 1.70. The molecule has 0 spiro atoms. The molecular weight excluding hydrogens is 370 g/mol. The van der Waals surface area contributed by atoms with Crippen LogP contribution in [0.1, 0.15) is 50.9 Å². The molecule has 0 fully saturated rings. The van der Waals surface area contributed by atoms with Gasteiger partial charge in [-0.25, -0.2) is 4.98 Å². The van der Waals surface area contributed by atoms with Gasteiger partial charge in [-0.2, -0.15) is 0 Å². The minimum atomic E-state index is -0.129. The number of nitrogens with zero attached hydrogens (tertiary/aromatic N) is 4. The van der Waals surface area contributed by atoms with Crippen LogP contribution in [0.5, 0.6) is 5.75 Å². The molecule has 1 N–H and O–H groups in total. The van der Waals surface area contributed by atoms with Crippen molar-refractivity contribution in [3.8, 4) is 5.75 Å². The van der Waals surface area contributed by atoms with Gasteiger partial charge in [-0.3, -0.25) is 9.20 Å². The number of aryl methyl sites for hydroxylation is 2. The molecule has 0 aliphatic rings. The van der Waals surface area contributed by atoms with Crippen LogP contribution >= 0.6 is 0 Å². The van der Waals surface area contributed by atoms with Crippen molar-refractivity contribution in [2.45, 2.75) is 59.5 Å². The Morgan fingerprint density at radius 3 is 2.69 bits per heavy atom. The number of methoxy groups -OCH3 is 1. The van der Waals surface area contributed by atoms with Crippen molar-refractivity contribution in [1.82, 2.24) is 19.6 Å². The molecule has 3 aromatic rings. The number of carbonyl (C=O) groups is 1. The van der Waals surface area contributed by atoms with Crippen LogP contribution in [0.25, 0.3) is 16.7 Å². The lowest BCUT2D eigenvalue weighted by atomic mass is 10.1. The van der Waals surface area contributed by atoms with E-state index >= 15 is 0 Å². The number of benzene rings is 1. The van der Waals surface area contributed by atoms with Crippen LogP contribution in [0.3, 0.4) is 0 Å². The van der Waals surface area contributed by atoms with E-state index in [0.29, 0.717) is 17.9 Å². The third-order valence-electron chi connectivity index (χ3n) is 4.71. The Bertz CT molecular complexity index is 1010. The van der Waals surface area contributed by atoms with E-state index in [1.54, 1.807) is 7.11 Å². The van der Waals surface area contributed by atoms with Crippen LogP contribution in [0.2, 0.25) is 0 Å².